The molecular weight excluding hydrogens is 409 g/mol. The smallest absolute Gasteiger partial charge is 0.102 e. The maximum atomic E-state index is 6.02. The Morgan fingerprint density at radius 3 is 2.46 bits per heavy atom. The molecule has 0 fully saturated rings. The summed E-state index contributed by atoms with van der Waals surface area (Å²) < 4.78 is 6.96. The average molecular weight is 439 g/mol. The van der Waals surface area contributed by atoms with E-state index in [-0.39, 0.29) is 24.0 Å². The van der Waals surface area contributed by atoms with Crippen LogP contribution in [0.1, 0.15) is 24.8 Å². The first kappa shape index (κ1) is 21.1. The molecule has 2 nitrogen and oxygen atoms in total. The van der Waals surface area contributed by atoms with Crippen molar-refractivity contribution in [3.63, 3.8) is 0 Å². The molecule has 0 aromatic heterocycles. The third-order valence-corrected chi connectivity index (χ3v) is 4.14. The Labute approximate surface area is 164 Å². The second-order valence-corrected chi connectivity index (χ2v) is 7.16. The molecule has 0 bridgehead atoms. The van der Waals surface area contributed by atoms with Crippen LogP contribution in [0.25, 0.3) is 10.8 Å². The van der Waals surface area contributed by atoms with E-state index >= 15 is 0 Å². The SMILES string of the molecule is C/C=C/CC(COCC[N+](C)(C)C)c1cccc2ccccc12.[I-]. The van der Waals surface area contributed by atoms with E-state index in [0.717, 1.165) is 30.7 Å². The lowest BCUT2D eigenvalue weighted by molar-refractivity contribution is -0.870. The number of benzene rings is 2. The van der Waals surface area contributed by atoms with Gasteiger partial charge in [-0.2, -0.15) is 0 Å². The summed E-state index contributed by atoms with van der Waals surface area (Å²) in [4.78, 5) is 0. The summed E-state index contributed by atoms with van der Waals surface area (Å²) in [7, 11) is 6.60. The summed E-state index contributed by atoms with van der Waals surface area (Å²) in [5.41, 5.74) is 1.39. The molecule has 0 saturated heterocycles. The van der Waals surface area contributed by atoms with Crippen LogP contribution < -0.4 is 24.0 Å². The molecule has 1 atom stereocenters. The largest absolute Gasteiger partial charge is 1.00 e. The number of nitrogens with zero attached hydrogens (tertiary/aromatic N) is 1. The zero-order chi connectivity index (χ0) is 16.7. The molecule has 0 aliphatic carbocycles. The Hall–Kier alpha value is -0.910. The van der Waals surface area contributed by atoms with Gasteiger partial charge in [0.25, 0.3) is 0 Å². The van der Waals surface area contributed by atoms with Crippen LogP contribution in [-0.4, -0.2) is 45.4 Å². The predicted octanol–water partition coefficient (Wildman–Crippen LogP) is 1.62. The average Bonchev–Trinajstić information content (AvgIpc) is 2.53. The van der Waals surface area contributed by atoms with E-state index in [4.69, 9.17) is 4.74 Å². The van der Waals surface area contributed by atoms with E-state index in [1.54, 1.807) is 0 Å². The number of hydrogen-bond donors (Lipinski definition) is 0. The normalized spacial score (nSPS) is 13.2. The van der Waals surface area contributed by atoms with Crippen LogP contribution in [0.4, 0.5) is 0 Å². The van der Waals surface area contributed by atoms with Crippen LogP contribution >= 0.6 is 0 Å². The van der Waals surface area contributed by atoms with Gasteiger partial charge in [0.1, 0.15) is 6.54 Å². The molecule has 2 rings (SSSR count). The monoisotopic (exact) mass is 439 g/mol. The number of ether oxygens (including phenoxy) is 1. The van der Waals surface area contributed by atoms with Crippen molar-refractivity contribution in [2.24, 2.45) is 0 Å². The molecule has 24 heavy (non-hydrogen) atoms. The molecular formula is C21H30INO. The highest BCUT2D eigenvalue weighted by Crippen LogP contribution is 2.28. The van der Waals surface area contributed by atoms with Crippen molar-refractivity contribution in [3.05, 3.63) is 60.2 Å². The lowest BCUT2D eigenvalue weighted by atomic mass is 9.91. The zero-order valence-electron chi connectivity index (χ0n) is 15.3. The molecule has 0 saturated carbocycles. The maximum Gasteiger partial charge on any atom is 0.102 e. The molecule has 3 heteroatoms. The lowest BCUT2D eigenvalue weighted by Crippen LogP contribution is -3.00. The van der Waals surface area contributed by atoms with Gasteiger partial charge in [-0.3, -0.25) is 0 Å². The van der Waals surface area contributed by atoms with Gasteiger partial charge in [-0.05, 0) is 29.7 Å². The Morgan fingerprint density at radius 1 is 1.04 bits per heavy atom. The van der Waals surface area contributed by atoms with Crippen LogP contribution in [0.15, 0.2) is 54.6 Å². The van der Waals surface area contributed by atoms with Crippen molar-refractivity contribution in [3.8, 4) is 0 Å². The standard InChI is InChI=1S/C21H30NO.HI/c1-5-6-10-19(17-23-16-15-22(2,3)4)21-14-9-12-18-11-7-8-13-20(18)21;/h5-9,11-14,19H,10,15-17H2,1-4H3;1H/q+1;/p-1/b6-5+;. The molecule has 0 radical (unpaired) electrons. The molecule has 1 unspecified atom stereocenters. The van der Waals surface area contributed by atoms with Crippen LogP contribution in [0.3, 0.4) is 0 Å². The van der Waals surface area contributed by atoms with Gasteiger partial charge in [0, 0.05) is 5.92 Å². The minimum atomic E-state index is 0. The van der Waals surface area contributed by atoms with Crippen LogP contribution in [0, 0.1) is 0 Å². The molecule has 0 aliphatic rings. The van der Waals surface area contributed by atoms with Gasteiger partial charge in [-0.25, -0.2) is 0 Å². The summed E-state index contributed by atoms with van der Waals surface area (Å²) >= 11 is 0. The van der Waals surface area contributed by atoms with E-state index in [1.807, 2.05) is 0 Å². The van der Waals surface area contributed by atoms with Crippen molar-refractivity contribution < 1.29 is 33.2 Å². The minimum Gasteiger partial charge on any atom is -1.00 e. The molecule has 2 aromatic rings. The molecule has 0 spiro atoms. The quantitative estimate of drug-likeness (QED) is 0.263. The summed E-state index contributed by atoms with van der Waals surface area (Å²) in [6.45, 7) is 4.70. The van der Waals surface area contributed by atoms with Gasteiger partial charge in [0.2, 0.25) is 0 Å². The molecule has 2 aromatic carbocycles. The summed E-state index contributed by atoms with van der Waals surface area (Å²) in [6.07, 6.45) is 5.40. The van der Waals surface area contributed by atoms with E-state index in [0.29, 0.717) is 5.92 Å². The third kappa shape index (κ3) is 6.54. The van der Waals surface area contributed by atoms with E-state index in [9.17, 15) is 0 Å². The third-order valence-electron chi connectivity index (χ3n) is 4.14. The van der Waals surface area contributed by atoms with Crippen molar-refractivity contribution in [2.75, 3.05) is 40.9 Å². The van der Waals surface area contributed by atoms with Crippen molar-refractivity contribution >= 4 is 10.8 Å². The predicted molar refractivity (Wildman–Crippen MR) is 99.8 cm³/mol. The molecule has 0 heterocycles. The number of halogens is 1. The Morgan fingerprint density at radius 2 is 1.75 bits per heavy atom. The van der Waals surface area contributed by atoms with Crippen LogP contribution in [0.2, 0.25) is 0 Å². The van der Waals surface area contributed by atoms with E-state index < -0.39 is 0 Å². The second kappa shape index (κ2) is 10.2. The Kier molecular flexibility index (Phi) is 8.95. The van der Waals surface area contributed by atoms with E-state index in [2.05, 4.69) is 82.7 Å². The minimum absolute atomic E-state index is 0. The van der Waals surface area contributed by atoms with Gasteiger partial charge in [0.05, 0.1) is 34.4 Å². The Balaban J connectivity index is 0.00000288. The highest BCUT2D eigenvalue weighted by atomic mass is 127. The first-order chi connectivity index (χ1) is 11.0. The summed E-state index contributed by atoms with van der Waals surface area (Å²) in [5.74, 6) is 0.407. The highest BCUT2D eigenvalue weighted by molar-refractivity contribution is 5.86. The number of quaternary nitrogens is 1. The number of fused-ring (bicyclic) bond motifs is 1. The fraction of sp³-hybridized carbons (Fsp3) is 0.429. The maximum absolute atomic E-state index is 6.02. The topological polar surface area (TPSA) is 9.23 Å². The van der Waals surface area contributed by atoms with Gasteiger partial charge in [-0.15, -0.1) is 0 Å². The van der Waals surface area contributed by atoms with Crippen LogP contribution in [-0.2, 0) is 4.74 Å². The molecule has 0 N–H and O–H groups in total. The summed E-state index contributed by atoms with van der Waals surface area (Å²) in [5, 5.41) is 2.65. The van der Waals surface area contributed by atoms with Crippen molar-refractivity contribution in [1.82, 2.24) is 0 Å². The molecule has 0 aliphatic heterocycles. The number of likely N-dealkylation sites (N-methyl/N-ethyl adjacent to an activating group) is 1. The van der Waals surface area contributed by atoms with Gasteiger partial charge in [-0.1, -0.05) is 54.6 Å². The van der Waals surface area contributed by atoms with E-state index in [1.165, 1.54) is 16.3 Å². The van der Waals surface area contributed by atoms with Gasteiger partial charge >= 0.3 is 0 Å². The summed E-state index contributed by atoms with van der Waals surface area (Å²) in [6, 6.07) is 15.2. The zero-order valence-corrected chi connectivity index (χ0v) is 17.5. The number of rotatable bonds is 8. The fourth-order valence-corrected chi connectivity index (χ4v) is 2.76. The van der Waals surface area contributed by atoms with Crippen molar-refractivity contribution in [1.29, 1.82) is 0 Å². The lowest BCUT2D eigenvalue weighted by Gasteiger charge is -2.24. The first-order valence-electron chi connectivity index (χ1n) is 8.48. The second-order valence-electron chi connectivity index (χ2n) is 7.16. The molecule has 0 amide bonds. The first-order valence-corrected chi connectivity index (χ1v) is 8.48. The highest BCUT2D eigenvalue weighted by Gasteiger charge is 2.14. The van der Waals surface area contributed by atoms with Crippen LogP contribution in [0.5, 0.6) is 0 Å². The fourth-order valence-electron chi connectivity index (χ4n) is 2.76. The Bertz CT molecular complexity index is 640. The number of hydrogen-bond acceptors (Lipinski definition) is 1. The van der Waals surface area contributed by atoms with Crippen molar-refractivity contribution in [2.45, 2.75) is 19.3 Å². The number of allylic oxidation sites excluding steroid dienone is 2. The van der Waals surface area contributed by atoms with Gasteiger partial charge < -0.3 is 33.2 Å². The van der Waals surface area contributed by atoms with Gasteiger partial charge in [0.15, 0.2) is 0 Å². The molecule has 132 valence electrons.